The number of carboxylic acid groups (broad SMARTS) is 1. The number of carboxylic acids is 1. The maximum absolute atomic E-state index is 11.6. The first kappa shape index (κ1) is 14.8. The van der Waals surface area contributed by atoms with E-state index in [2.05, 4.69) is 39.5 Å². The molecular weight excluding hydrogens is 242 g/mol. The van der Waals surface area contributed by atoms with Crippen LogP contribution in [-0.4, -0.2) is 45.8 Å². The molecule has 0 saturated carbocycles. The van der Waals surface area contributed by atoms with Crippen molar-refractivity contribution in [1.82, 2.24) is 4.90 Å². The Morgan fingerprint density at radius 2 is 1.95 bits per heavy atom. The topological polar surface area (TPSA) is 49.8 Å². The monoisotopic (exact) mass is 269 g/mol. The summed E-state index contributed by atoms with van der Waals surface area (Å²) < 4.78 is 6.12. The number of hydrogen-bond acceptors (Lipinski definition) is 3. The van der Waals surface area contributed by atoms with Crippen LogP contribution in [-0.2, 0) is 9.53 Å². The number of rotatable bonds is 2. The van der Waals surface area contributed by atoms with Crippen molar-refractivity contribution >= 4 is 5.97 Å². The molecule has 4 heteroatoms. The summed E-state index contributed by atoms with van der Waals surface area (Å²) in [5.74, 6) is -0.192. The normalized spacial score (nSPS) is 38.3. The Balaban J connectivity index is 2.22. The van der Waals surface area contributed by atoms with Gasteiger partial charge in [0.2, 0.25) is 0 Å². The van der Waals surface area contributed by atoms with Gasteiger partial charge in [-0.1, -0.05) is 6.92 Å². The standard InChI is InChI=1S/C15H27NO3/c1-10-6-7-16(11(8-10)13(17)18)12-9-14(2,3)19-15(12,4)5/h10-12H,6-9H2,1-5H3,(H,17,18). The quantitative estimate of drug-likeness (QED) is 0.837. The van der Waals surface area contributed by atoms with E-state index in [0.717, 1.165) is 25.8 Å². The minimum atomic E-state index is -0.688. The fraction of sp³-hybridized carbons (Fsp3) is 0.933. The molecule has 0 bridgehead atoms. The summed E-state index contributed by atoms with van der Waals surface area (Å²) in [6.45, 7) is 11.4. The predicted octanol–water partition coefficient (Wildman–Crippen LogP) is 2.52. The molecular formula is C15H27NO3. The molecule has 0 aliphatic carbocycles. The molecule has 4 nitrogen and oxygen atoms in total. The Labute approximate surface area is 116 Å². The van der Waals surface area contributed by atoms with Crippen molar-refractivity contribution in [3.8, 4) is 0 Å². The van der Waals surface area contributed by atoms with Crippen molar-refractivity contribution in [3.63, 3.8) is 0 Å². The third-order valence-electron chi connectivity index (χ3n) is 4.62. The summed E-state index contributed by atoms with van der Waals surface area (Å²) in [6, 6.07) is -0.165. The second-order valence-corrected chi connectivity index (χ2v) is 7.41. The van der Waals surface area contributed by atoms with Gasteiger partial charge < -0.3 is 9.84 Å². The Hall–Kier alpha value is -0.610. The molecule has 19 heavy (non-hydrogen) atoms. The van der Waals surface area contributed by atoms with E-state index >= 15 is 0 Å². The molecule has 3 unspecified atom stereocenters. The van der Waals surface area contributed by atoms with Gasteiger partial charge in [-0.3, -0.25) is 9.69 Å². The first-order valence-corrected chi connectivity index (χ1v) is 7.31. The molecule has 0 spiro atoms. The second-order valence-electron chi connectivity index (χ2n) is 7.41. The molecule has 2 fully saturated rings. The summed E-state index contributed by atoms with van der Waals surface area (Å²) in [4.78, 5) is 13.7. The van der Waals surface area contributed by atoms with Crippen molar-refractivity contribution in [1.29, 1.82) is 0 Å². The fourth-order valence-electron chi connectivity index (χ4n) is 3.83. The largest absolute Gasteiger partial charge is 0.480 e. The van der Waals surface area contributed by atoms with Crippen LogP contribution in [0, 0.1) is 5.92 Å². The summed E-state index contributed by atoms with van der Waals surface area (Å²) in [5.41, 5.74) is -0.446. The van der Waals surface area contributed by atoms with Crippen molar-refractivity contribution < 1.29 is 14.6 Å². The van der Waals surface area contributed by atoms with Gasteiger partial charge in [-0.25, -0.2) is 0 Å². The second kappa shape index (κ2) is 4.74. The zero-order chi connectivity index (χ0) is 14.4. The summed E-state index contributed by atoms with van der Waals surface area (Å²) in [5, 5.41) is 9.50. The van der Waals surface area contributed by atoms with Crippen molar-refractivity contribution in [2.24, 2.45) is 5.92 Å². The average Bonchev–Trinajstić information content (AvgIpc) is 2.46. The third kappa shape index (κ3) is 2.95. The Morgan fingerprint density at radius 3 is 2.42 bits per heavy atom. The number of ether oxygens (including phenoxy) is 1. The molecule has 110 valence electrons. The number of aliphatic carboxylic acids is 1. The first-order chi connectivity index (χ1) is 8.62. The number of nitrogens with zero attached hydrogens (tertiary/aromatic N) is 1. The van der Waals surface area contributed by atoms with E-state index in [1.165, 1.54) is 0 Å². The van der Waals surface area contributed by atoms with E-state index in [-0.39, 0.29) is 23.3 Å². The zero-order valence-corrected chi connectivity index (χ0v) is 12.8. The molecule has 2 heterocycles. The summed E-state index contributed by atoms with van der Waals surface area (Å²) in [7, 11) is 0. The average molecular weight is 269 g/mol. The van der Waals surface area contributed by atoms with Gasteiger partial charge in [-0.05, 0) is 59.4 Å². The van der Waals surface area contributed by atoms with E-state index in [4.69, 9.17) is 4.74 Å². The van der Waals surface area contributed by atoms with Crippen molar-refractivity contribution in [3.05, 3.63) is 0 Å². The van der Waals surface area contributed by atoms with E-state index in [1.807, 2.05) is 0 Å². The highest BCUT2D eigenvalue weighted by Gasteiger charge is 2.51. The van der Waals surface area contributed by atoms with E-state index in [0.29, 0.717) is 5.92 Å². The number of hydrogen-bond donors (Lipinski definition) is 1. The molecule has 0 aromatic heterocycles. The SMILES string of the molecule is CC1CCN(C2CC(C)(C)OC2(C)C)C(C(=O)O)C1. The van der Waals surface area contributed by atoms with E-state index in [1.54, 1.807) is 0 Å². The molecule has 2 saturated heterocycles. The number of piperidine rings is 1. The van der Waals surface area contributed by atoms with Gasteiger partial charge >= 0.3 is 5.97 Å². The van der Waals surface area contributed by atoms with Crippen LogP contribution >= 0.6 is 0 Å². The zero-order valence-electron chi connectivity index (χ0n) is 12.8. The lowest BCUT2D eigenvalue weighted by atomic mass is 9.86. The summed E-state index contributed by atoms with van der Waals surface area (Å²) >= 11 is 0. The van der Waals surface area contributed by atoms with Crippen LogP contribution in [0.5, 0.6) is 0 Å². The maximum Gasteiger partial charge on any atom is 0.320 e. The van der Waals surface area contributed by atoms with Gasteiger partial charge in [-0.2, -0.15) is 0 Å². The van der Waals surface area contributed by atoms with Crippen LogP contribution in [0.3, 0.4) is 0 Å². The van der Waals surface area contributed by atoms with Crippen LogP contribution in [0.2, 0.25) is 0 Å². The molecule has 1 N–H and O–H groups in total. The van der Waals surface area contributed by atoms with E-state index in [9.17, 15) is 9.90 Å². The lowest BCUT2D eigenvalue weighted by Gasteiger charge is -2.43. The van der Waals surface area contributed by atoms with Crippen LogP contribution < -0.4 is 0 Å². The minimum absolute atomic E-state index is 0.166. The highest BCUT2D eigenvalue weighted by Crippen LogP contribution is 2.42. The number of carbonyl (C=O) groups is 1. The minimum Gasteiger partial charge on any atom is -0.480 e. The van der Waals surface area contributed by atoms with Gasteiger partial charge in [0.15, 0.2) is 0 Å². The molecule has 2 aliphatic heterocycles. The lowest BCUT2D eigenvalue weighted by molar-refractivity contribution is -0.149. The van der Waals surface area contributed by atoms with Crippen LogP contribution in [0.25, 0.3) is 0 Å². The highest BCUT2D eigenvalue weighted by molar-refractivity contribution is 5.73. The predicted molar refractivity (Wildman–Crippen MR) is 74.2 cm³/mol. The highest BCUT2D eigenvalue weighted by atomic mass is 16.5. The Kier molecular flexibility index (Phi) is 3.69. The Bertz CT molecular complexity index is 364. The summed E-state index contributed by atoms with van der Waals surface area (Å²) in [6.07, 6.45) is 2.73. The van der Waals surface area contributed by atoms with E-state index < -0.39 is 5.97 Å². The van der Waals surface area contributed by atoms with Gasteiger partial charge in [0.1, 0.15) is 6.04 Å². The molecule has 0 aromatic rings. The van der Waals surface area contributed by atoms with Crippen molar-refractivity contribution in [2.45, 2.75) is 77.2 Å². The van der Waals surface area contributed by atoms with Gasteiger partial charge in [0.25, 0.3) is 0 Å². The smallest absolute Gasteiger partial charge is 0.320 e. The molecule has 3 atom stereocenters. The lowest BCUT2D eigenvalue weighted by Crippen LogP contribution is -2.56. The number of likely N-dealkylation sites (tertiary alicyclic amines) is 1. The fourth-order valence-corrected chi connectivity index (χ4v) is 3.83. The first-order valence-electron chi connectivity index (χ1n) is 7.31. The van der Waals surface area contributed by atoms with Gasteiger partial charge in [-0.15, -0.1) is 0 Å². The molecule has 0 radical (unpaired) electrons. The maximum atomic E-state index is 11.6. The Morgan fingerprint density at radius 1 is 1.32 bits per heavy atom. The van der Waals surface area contributed by atoms with Crippen LogP contribution in [0.1, 0.15) is 53.9 Å². The molecule has 2 aliphatic rings. The molecule has 0 amide bonds. The van der Waals surface area contributed by atoms with Crippen molar-refractivity contribution in [2.75, 3.05) is 6.54 Å². The van der Waals surface area contributed by atoms with Gasteiger partial charge in [0, 0.05) is 6.04 Å². The third-order valence-corrected chi connectivity index (χ3v) is 4.62. The van der Waals surface area contributed by atoms with Crippen LogP contribution in [0.4, 0.5) is 0 Å². The van der Waals surface area contributed by atoms with Crippen LogP contribution in [0.15, 0.2) is 0 Å². The van der Waals surface area contributed by atoms with Gasteiger partial charge in [0.05, 0.1) is 11.2 Å². The molecule has 2 rings (SSSR count). The molecule has 0 aromatic carbocycles.